The summed E-state index contributed by atoms with van der Waals surface area (Å²) < 4.78 is 16.1. The van der Waals surface area contributed by atoms with Crippen LogP contribution < -0.4 is 20.5 Å². The van der Waals surface area contributed by atoms with Crippen LogP contribution in [0.15, 0.2) is 18.2 Å². The molecule has 122 valence electrons. The molecule has 0 aromatic heterocycles. The number of methoxy groups -OCH3 is 1. The predicted molar refractivity (Wildman–Crippen MR) is 84.3 cm³/mol. The van der Waals surface area contributed by atoms with E-state index in [1.807, 2.05) is 6.92 Å². The second kappa shape index (κ2) is 7.47. The van der Waals surface area contributed by atoms with Crippen molar-refractivity contribution < 1.29 is 19.0 Å². The lowest BCUT2D eigenvalue weighted by atomic mass is 9.79. The minimum absolute atomic E-state index is 0.0640. The molecular formula is C16H24N2O4. The second-order valence-corrected chi connectivity index (χ2v) is 5.35. The summed E-state index contributed by atoms with van der Waals surface area (Å²) in [5.74, 6) is 1.18. The van der Waals surface area contributed by atoms with Crippen molar-refractivity contribution in [3.8, 4) is 11.5 Å². The molecular weight excluding hydrogens is 284 g/mol. The lowest BCUT2D eigenvalue weighted by Gasteiger charge is -2.34. The van der Waals surface area contributed by atoms with Crippen LogP contribution in [0.1, 0.15) is 19.8 Å². The number of carbonyl (C=O) groups is 1. The number of hydrogen-bond donors (Lipinski definition) is 2. The third-order valence-corrected chi connectivity index (χ3v) is 4.04. The van der Waals surface area contributed by atoms with E-state index in [0.29, 0.717) is 56.4 Å². The van der Waals surface area contributed by atoms with Crippen molar-refractivity contribution in [2.45, 2.75) is 19.8 Å². The minimum Gasteiger partial charge on any atom is -0.493 e. The van der Waals surface area contributed by atoms with Crippen LogP contribution in [-0.2, 0) is 9.53 Å². The monoisotopic (exact) mass is 308 g/mol. The maximum absolute atomic E-state index is 12.6. The quantitative estimate of drug-likeness (QED) is 0.837. The standard InChI is InChI=1S/C16H24N2O4/c1-3-22-14-10-12(4-5-13(14)20-2)18-15(19)16(11-17)6-8-21-9-7-16/h4-5,10H,3,6-9,11,17H2,1-2H3,(H,18,19). The Kier molecular flexibility index (Phi) is 5.63. The van der Waals surface area contributed by atoms with E-state index in [0.717, 1.165) is 0 Å². The van der Waals surface area contributed by atoms with Gasteiger partial charge in [-0.1, -0.05) is 0 Å². The number of ether oxygens (including phenoxy) is 3. The molecule has 0 radical (unpaired) electrons. The van der Waals surface area contributed by atoms with Gasteiger partial charge in [0.1, 0.15) is 0 Å². The highest BCUT2D eigenvalue weighted by atomic mass is 16.5. The first-order valence-electron chi connectivity index (χ1n) is 7.55. The Bertz CT molecular complexity index is 513. The van der Waals surface area contributed by atoms with E-state index in [2.05, 4.69) is 5.32 Å². The molecule has 1 fully saturated rings. The van der Waals surface area contributed by atoms with Gasteiger partial charge in [-0.05, 0) is 31.9 Å². The maximum Gasteiger partial charge on any atom is 0.232 e. The molecule has 1 saturated heterocycles. The van der Waals surface area contributed by atoms with Gasteiger partial charge in [0.15, 0.2) is 11.5 Å². The number of hydrogen-bond acceptors (Lipinski definition) is 5. The Hall–Kier alpha value is -1.79. The summed E-state index contributed by atoms with van der Waals surface area (Å²) in [5, 5.41) is 2.94. The number of amides is 1. The SMILES string of the molecule is CCOc1cc(NC(=O)C2(CN)CCOCC2)ccc1OC. The summed E-state index contributed by atoms with van der Waals surface area (Å²) in [7, 11) is 1.58. The summed E-state index contributed by atoms with van der Waals surface area (Å²) in [5.41, 5.74) is 5.98. The molecule has 1 heterocycles. The topological polar surface area (TPSA) is 82.8 Å². The molecule has 1 aromatic rings. The lowest BCUT2D eigenvalue weighted by Crippen LogP contribution is -2.46. The Morgan fingerprint density at radius 3 is 2.68 bits per heavy atom. The normalized spacial score (nSPS) is 16.9. The van der Waals surface area contributed by atoms with Crippen LogP contribution in [0.5, 0.6) is 11.5 Å². The number of carbonyl (C=O) groups excluding carboxylic acids is 1. The van der Waals surface area contributed by atoms with Gasteiger partial charge in [-0.15, -0.1) is 0 Å². The number of nitrogens with two attached hydrogens (primary N) is 1. The van der Waals surface area contributed by atoms with Crippen LogP contribution in [0.25, 0.3) is 0 Å². The molecule has 1 aliphatic rings. The average Bonchev–Trinajstić information content (AvgIpc) is 2.56. The molecule has 6 heteroatoms. The summed E-state index contributed by atoms with van der Waals surface area (Å²) in [6.45, 7) is 3.87. The van der Waals surface area contributed by atoms with Crippen molar-refractivity contribution in [2.24, 2.45) is 11.1 Å². The average molecular weight is 308 g/mol. The highest BCUT2D eigenvalue weighted by Crippen LogP contribution is 2.33. The van der Waals surface area contributed by atoms with Crippen molar-refractivity contribution in [3.05, 3.63) is 18.2 Å². The smallest absolute Gasteiger partial charge is 0.232 e. The first kappa shape index (κ1) is 16.6. The number of rotatable bonds is 6. The van der Waals surface area contributed by atoms with Crippen LogP contribution in [0.4, 0.5) is 5.69 Å². The molecule has 1 aliphatic heterocycles. The van der Waals surface area contributed by atoms with Crippen molar-refractivity contribution >= 4 is 11.6 Å². The number of nitrogens with one attached hydrogen (secondary N) is 1. The molecule has 3 N–H and O–H groups in total. The zero-order chi connectivity index (χ0) is 16.0. The molecule has 0 aliphatic carbocycles. The molecule has 0 saturated carbocycles. The predicted octanol–water partition coefficient (Wildman–Crippen LogP) is 1.79. The summed E-state index contributed by atoms with van der Waals surface area (Å²) >= 11 is 0. The molecule has 0 atom stereocenters. The van der Waals surface area contributed by atoms with Gasteiger partial charge in [-0.25, -0.2) is 0 Å². The molecule has 0 spiro atoms. The van der Waals surface area contributed by atoms with Gasteiger partial charge in [0.05, 0.1) is 19.1 Å². The lowest BCUT2D eigenvalue weighted by molar-refractivity contribution is -0.130. The Morgan fingerprint density at radius 2 is 2.09 bits per heavy atom. The Morgan fingerprint density at radius 1 is 1.36 bits per heavy atom. The van der Waals surface area contributed by atoms with E-state index in [1.54, 1.807) is 25.3 Å². The molecule has 2 rings (SSSR count). The van der Waals surface area contributed by atoms with E-state index in [4.69, 9.17) is 19.9 Å². The third-order valence-electron chi connectivity index (χ3n) is 4.04. The van der Waals surface area contributed by atoms with Gasteiger partial charge in [-0.3, -0.25) is 4.79 Å². The molecule has 6 nitrogen and oxygen atoms in total. The van der Waals surface area contributed by atoms with Crippen molar-refractivity contribution in [3.63, 3.8) is 0 Å². The molecule has 0 unspecified atom stereocenters. The number of benzene rings is 1. The molecule has 1 amide bonds. The van der Waals surface area contributed by atoms with E-state index < -0.39 is 5.41 Å². The maximum atomic E-state index is 12.6. The largest absolute Gasteiger partial charge is 0.493 e. The highest BCUT2D eigenvalue weighted by Gasteiger charge is 2.38. The molecule has 1 aromatic carbocycles. The molecule has 0 bridgehead atoms. The third kappa shape index (κ3) is 3.51. The van der Waals surface area contributed by atoms with E-state index in [-0.39, 0.29) is 5.91 Å². The zero-order valence-corrected chi connectivity index (χ0v) is 13.2. The first-order chi connectivity index (χ1) is 10.6. The van der Waals surface area contributed by atoms with Crippen LogP contribution in [0, 0.1) is 5.41 Å². The second-order valence-electron chi connectivity index (χ2n) is 5.35. The Labute approximate surface area is 130 Å². The van der Waals surface area contributed by atoms with Crippen molar-refractivity contribution in [1.29, 1.82) is 0 Å². The first-order valence-corrected chi connectivity index (χ1v) is 7.55. The van der Waals surface area contributed by atoms with Gasteiger partial charge in [0, 0.05) is 31.5 Å². The van der Waals surface area contributed by atoms with Gasteiger partial charge >= 0.3 is 0 Å². The van der Waals surface area contributed by atoms with Crippen LogP contribution in [0.3, 0.4) is 0 Å². The number of anilines is 1. The fourth-order valence-corrected chi connectivity index (χ4v) is 2.57. The minimum atomic E-state index is -0.552. The van der Waals surface area contributed by atoms with Gasteiger partial charge in [-0.2, -0.15) is 0 Å². The van der Waals surface area contributed by atoms with E-state index >= 15 is 0 Å². The summed E-state index contributed by atoms with van der Waals surface area (Å²) in [6.07, 6.45) is 1.29. The Balaban J connectivity index is 2.15. The van der Waals surface area contributed by atoms with Crippen molar-refractivity contribution in [1.82, 2.24) is 0 Å². The highest BCUT2D eigenvalue weighted by molar-refractivity contribution is 5.95. The van der Waals surface area contributed by atoms with Crippen LogP contribution in [0.2, 0.25) is 0 Å². The van der Waals surface area contributed by atoms with E-state index in [9.17, 15) is 4.79 Å². The summed E-state index contributed by atoms with van der Waals surface area (Å²) in [6, 6.07) is 5.34. The van der Waals surface area contributed by atoms with Crippen LogP contribution in [-0.4, -0.2) is 39.4 Å². The fraction of sp³-hybridized carbons (Fsp3) is 0.562. The van der Waals surface area contributed by atoms with Gasteiger partial charge < -0.3 is 25.3 Å². The van der Waals surface area contributed by atoms with Gasteiger partial charge in [0.25, 0.3) is 0 Å². The molecule has 22 heavy (non-hydrogen) atoms. The van der Waals surface area contributed by atoms with Crippen LogP contribution >= 0.6 is 0 Å². The van der Waals surface area contributed by atoms with Crippen molar-refractivity contribution in [2.75, 3.05) is 38.8 Å². The van der Waals surface area contributed by atoms with E-state index in [1.165, 1.54) is 0 Å². The summed E-state index contributed by atoms with van der Waals surface area (Å²) in [4.78, 5) is 12.6. The fourth-order valence-electron chi connectivity index (χ4n) is 2.57. The van der Waals surface area contributed by atoms with Gasteiger partial charge in [0.2, 0.25) is 5.91 Å². The zero-order valence-electron chi connectivity index (χ0n) is 13.2.